The standard InChI is InChI=1S/C14H20F3N3/c1-2-11(18)7-10-3-6-13(19-8-10)20(12-4-5-12)9-14(15,16)17/h3,6,8,11-12H,2,4-5,7,9,18H2,1H3. The van der Waals surface area contributed by atoms with Crippen LogP contribution in [0.4, 0.5) is 19.0 Å². The van der Waals surface area contributed by atoms with Crippen LogP contribution in [0.25, 0.3) is 0 Å². The Balaban J connectivity index is 2.06. The van der Waals surface area contributed by atoms with Crippen LogP contribution < -0.4 is 10.6 Å². The third-order valence-corrected chi connectivity index (χ3v) is 3.46. The summed E-state index contributed by atoms with van der Waals surface area (Å²) in [5, 5.41) is 0. The fourth-order valence-corrected chi connectivity index (χ4v) is 2.13. The van der Waals surface area contributed by atoms with Gasteiger partial charge in [-0.05, 0) is 37.3 Å². The van der Waals surface area contributed by atoms with Crippen molar-refractivity contribution < 1.29 is 13.2 Å². The van der Waals surface area contributed by atoms with Crippen LogP contribution in [0.2, 0.25) is 0 Å². The summed E-state index contributed by atoms with van der Waals surface area (Å²) in [6.45, 7) is 1.07. The summed E-state index contributed by atoms with van der Waals surface area (Å²) >= 11 is 0. The smallest absolute Gasteiger partial charge is 0.345 e. The van der Waals surface area contributed by atoms with Gasteiger partial charge < -0.3 is 10.6 Å². The average Bonchev–Trinajstić information content (AvgIpc) is 3.20. The molecule has 6 heteroatoms. The van der Waals surface area contributed by atoms with Crippen molar-refractivity contribution >= 4 is 5.82 Å². The average molecular weight is 287 g/mol. The maximum atomic E-state index is 12.6. The molecule has 0 saturated heterocycles. The number of hydrogen-bond donors (Lipinski definition) is 1. The number of alkyl halides is 3. The highest BCUT2D eigenvalue weighted by Crippen LogP contribution is 2.33. The fraction of sp³-hybridized carbons (Fsp3) is 0.643. The van der Waals surface area contributed by atoms with Gasteiger partial charge in [0.2, 0.25) is 0 Å². The van der Waals surface area contributed by atoms with E-state index in [4.69, 9.17) is 5.73 Å². The first-order valence-corrected chi connectivity index (χ1v) is 6.93. The van der Waals surface area contributed by atoms with Crippen LogP contribution in [0.3, 0.4) is 0 Å². The Morgan fingerprint density at radius 3 is 2.55 bits per heavy atom. The van der Waals surface area contributed by atoms with E-state index >= 15 is 0 Å². The minimum absolute atomic E-state index is 0.0205. The van der Waals surface area contributed by atoms with Gasteiger partial charge in [0.15, 0.2) is 0 Å². The number of halogens is 3. The van der Waals surface area contributed by atoms with Gasteiger partial charge in [0.25, 0.3) is 0 Å². The van der Waals surface area contributed by atoms with Gasteiger partial charge in [0.05, 0.1) is 0 Å². The number of aromatic nitrogens is 1. The molecule has 0 amide bonds. The minimum atomic E-state index is -4.20. The van der Waals surface area contributed by atoms with Crippen molar-refractivity contribution in [3.05, 3.63) is 23.9 Å². The molecule has 0 bridgehead atoms. The molecule has 20 heavy (non-hydrogen) atoms. The number of pyridine rings is 1. The van der Waals surface area contributed by atoms with Gasteiger partial charge in [0, 0.05) is 18.3 Å². The highest BCUT2D eigenvalue weighted by Gasteiger charge is 2.38. The van der Waals surface area contributed by atoms with Gasteiger partial charge in [-0.2, -0.15) is 13.2 Å². The van der Waals surface area contributed by atoms with Crippen LogP contribution in [0.5, 0.6) is 0 Å². The number of rotatable bonds is 6. The molecule has 1 atom stereocenters. The summed E-state index contributed by atoms with van der Waals surface area (Å²) in [4.78, 5) is 5.53. The topological polar surface area (TPSA) is 42.1 Å². The first-order chi connectivity index (χ1) is 9.39. The Morgan fingerprint density at radius 2 is 2.10 bits per heavy atom. The van der Waals surface area contributed by atoms with Crippen LogP contribution in [0, 0.1) is 0 Å². The van der Waals surface area contributed by atoms with Crippen LogP contribution in [0.1, 0.15) is 31.7 Å². The molecule has 0 radical (unpaired) electrons. The first kappa shape index (κ1) is 15.1. The Hall–Kier alpha value is -1.30. The molecule has 0 spiro atoms. The molecule has 1 aromatic heterocycles. The molecule has 1 aliphatic carbocycles. The Kier molecular flexibility index (Phi) is 4.52. The zero-order valence-electron chi connectivity index (χ0n) is 11.5. The normalized spacial score (nSPS) is 17.1. The van der Waals surface area contributed by atoms with Gasteiger partial charge in [-0.1, -0.05) is 13.0 Å². The van der Waals surface area contributed by atoms with Crippen molar-refractivity contribution in [1.29, 1.82) is 0 Å². The van der Waals surface area contributed by atoms with E-state index < -0.39 is 12.7 Å². The molecule has 0 aromatic carbocycles. The second-order valence-electron chi connectivity index (χ2n) is 5.37. The Morgan fingerprint density at radius 1 is 1.40 bits per heavy atom. The summed E-state index contributed by atoms with van der Waals surface area (Å²) in [6, 6.07) is 3.54. The Bertz CT molecular complexity index is 426. The van der Waals surface area contributed by atoms with Gasteiger partial charge in [-0.3, -0.25) is 0 Å². The number of nitrogens with zero attached hydrogens (tertiary/aromatic N) is 2. The zero-order valence-corrected chi connectivity index (χ0v) is 11.5. The van der Waals surface area contributed by atoms with E-state index in [-0.39, 0.29) is 12.1 Å². The minimum Gasteiger partial charge on any atom is -0.345 e. The van der Waals surface area contributed by atoms with Gasteiger partial charge in [-0.25, -0.2) is 4.98 Å². The monoisotopic (exact) mass is 287 g/mol. The molecule has 2 rings (SSSR count). The fourth-order valence-electron chi connectivity index (χ4n) is 2.13. The van der Waals surface area contributed by atoms with E-state index in [0.29, 0.717) is 12.2 Å². The molecule has 1 aromatic rings. The largest absolute Gasteiger partial charge is 0.405 e. The van der Waals surface area contributed by atoms with E-state index in [1.165, 1.54) is 4.90 Å². The second-order valence-corrected chi connectivity index (χ2v) is 5.37. The zero-order chi connectivity index (χ0) is 14.8. The summed E-state index contributed by atoms with van der Waals surface area (Å²) in [5.41, 5.74) is 6.82. The van der Waals surface area contributed by atoms with Crippen molar-refractivity contribution in [2.75, 3.05) is 11.4 Å². The van der Waals surface area contributed by atoms with E-state index in [1.807, 2.05) is 13.0 Å². The third-order valence-electron chi connectivity index (χ3n) is 3.46. The van der Waals surface area contributed by atoms with Crippen molar-refractivity contribution in [3.63, 3.8) is 0 Å². The van der Waals surface area contributed by atoms with Crippen LogP contribution in [0.15, 0.2) is 18.3 Å². The highest BCUT2D eigenvalue weighted by atomic mass is 19.4. The third kappa shape index (κ3) is 4.37. The molecule has 1 unspecified atom stereocenters. The number of nitrogens with two attached hydrogens (primary N) is 1. The lowest BCUT2D eigenvalue weighted by Gasteiger charge is -2.24. The maximum absolute atomic E-state index is 12.6. The van der Waals surface area contributed by atoms with Crippen molar-refractivity contribution in [3.8, 4) is 0 Å². The summed E-state index contributed by atoms with van der Waals surface area (Å²) < 4.78 is 37.8. The van der Waals surface area contributed by atoms with E-state index in [0.717, 1.165) is 24.8 Å². The van der Waals surface area contributed by atoms with E-state index in [2.05, 4.69) is 4.98 Å². The predicted octanol–water partition coefficient (Wildman–Crippen LogP) is 2.89. The first-order valence-electron chi connectivity index (χ1n) is 6.93. The summed E-state index contributed by atoms with van der Waals surface area (Å²) in [5.74, 6) is 0.402. The molecule has 3 nitrogen and oxygen atoms in total. The molecular formula is C14H20F3N3. The van der Waals surface area contributed by atoms with Gasteiger partial charge in [-0.15, -0.1) is 0 Å². The molecule has 1 aliphatic rings. The predicted molar refractivity (Wildman–Crippen MR) is 72.6 cm³/mol. The van der Waals surface area contributed by atoms with E-state index in [1.54, 1.807) is 12.3 Å². The molecular weight excluding hydrogens is 267 g/mol. The van der Waals surface area contributed by atoms with Crippen LogP contribution in [-0.4, -0.2) is 29.8 Å². The maximum Gasteiger partial charge on any atom is 0.405 e. The molecule has 1 saturated carbocycles. The molecule has 1 fully saturated rings. The highest BCUT2D eigenvalue weighted by molar-refractivity contribution is 5.42. The number of anilines is 1. The Labute approximate surface area is 117 Å². The molecule has 1 heterocycles. The van der Waals surface area contributed by atoms with Crippen LogP contribution in [-0.2, 0) is 6.42 Å². The van der Waals surface area contributed by atoms with Gasteiger partial charge in [0.1, 0.15) is 12.4 Å². The lowest BCUT2D eigenvalue weighted by Crippen LogP contribution is -2.36. The summed E-state index contributed by atoms with van der Waals surface area (Å²) in [7, 11) is 0. The van der Waals surface area contributed by atoms with E-state index in [9.17, 15) is 13.2 Å². The van der Waals surface area contributed by atoms with Crippen LogP contribution >= 0.6 is 0 Å². The quantitative estimate of drug-likeness (QED) is 0.874. The summed E-state index contributed by atoms with van der Waals surface area (Å²) in [6.07, 6.45) is 0.612. The molecule has 112 valence electrons. The second kappa shape index (κ2) is 5.99. The van der Waals surface area contributed by atoms with Gasteiger partial charge >= 0.3 is 6.18 Å². The number of hydrogen-bond acceptors (Lipinski definition) is 3. The van der Waals surface area contributed by atoms with Crippen molar-refractivity contribution in [2.24, 2.45) is 5.73 Å². The molecule has 0 aliphatic heterocycles. The lowest BCUT2D eigenvalue weighted by atomic mass is 10.1. The molecule has 2 N–H and O–H groups in total. The van der Waals surface area contributed by atoms with Crippen molar-refractivity contribution in [1.82, 2.24) is 4.98 Å². The SMILES string of the molecule is CCC(N)Cc1ccc(N(CC(F)(F)F)C2CC2)nc1. The van der Waals surface area contributed by atoms with Crippen molar-refractivity contribution in [2.45, 2.75) is 50.9 Å². The lowest BCUT2D eigenvalue weighted by molar-refractivity contribution is -0.120.